The second kappa shape index (κ2) is 18.9. The molecule has 5 aliphatic heterocycles. The van der Waals surface area contributed by atoms with E-state index in [4.69, 9.17) is 20.8 Å². The number of nitrogens with zero attached hydrogens (tertiary/aromatic N) is 8. The Kier molecular flexibility index (Phi) is 13.6. The van der Waals surface area contributed by atoms with Gasteiger partial charge in [-0.15, -0.1) is 0 Å². The number of likely N-dealkylation sites (tertiary alicyclic amines) is 2. The predicted molar refractivity (Wildman–Crippen MR) is 240 cm³/mol. The minimum Gasteiger partial charge on any atom is -0.399 e. The molecule has 18 heteroatoms. The molecule has 4 N–H and O–H groups in total. The van der Waals surface area contributed by atoms with E-state index in [1.54, 1.807) is 37.2 Å². The van der Waals surface area contributed by atoms with Crippen molar-refractivity contribution in [2.24, 2.45) is 11.5 Å². The number of nitrogens with two attached hydrogens (primary N) is 2. The number of fused-ring (bicyclic) bond motifs is 2. The van der Waals surface area contributed by atoms with Crippen molar-refractivity contribution >= 4 is 64.0 Å². The number of rotatable bonds is 4. The van der Waals surface area contributed by atoms with Gasteiger partial charge in [0.05, 0.1) is 22.3 Å². The lowest BCUT2D eigenvalue weighted by atomic mass is 9.79. The predicted octanol–water partition coefficient (Wildman–Crippen LogP) is 5.50. The first-order valence-corrected chi connectivity index (χ1v) is 22.0. The third kappa shape index (κ3) is 9.92. The highest BCUT2D eigenvalue weighted by Gasteiger charge is 2.52. The number of primary amides is 2. The minimum absolute atomic E-state index is 0.0303. The Hall–Kier alpha value is -5.46. The van der Waals surface area contributed by atoms with Crippen LogP contribution in [0, 0.1) is 0 Å². The second-order valence-corrected chi connectivity index (χ2v) is 18.0. The van der Waals surface area contributed by atoms with Gasteiger partial charge in [-0.1, -0.05) is 0 Å². The number of anilines is 2. The fraction of sp³-hybridized carbons (Fsp3) is 0.455. The molecule has 9 heterocycles. The third-order valence-corrected chi connectivity index (χ3v) is 12.6. The zero-order chi connectivity index (χ0) is 44.2. The fourth-order valence-electron chi connectivity index (χ4n) is 8.09. The summed E-state index contributed by atoms with van der Waals surface area (Å²) in [6.45, 7) is 12.6. The molecule has 62 heavy (non-hydrogen) atoms. The standard InChI is InChI=1S/C19H21N5O2.C16H23BN2O3.C9H10BrN3O/c20-19(26)24-7-3-4-13-8-15(12-22-17(13)24)14-9-16(11-21-10-14)18(25)23-5-1-2-6-23;1-15(2)16(3,4)22-17(21-15)13-9-12(10-18-11-13)14(20)19-7-5-6-8-19;10-7-4-6-2-1-3-13(9(11)14)8(6)12-5-7/h8-12H,1-7H2,(H2,20,26);9-11H,5-8H2,1-4H3;4-5H,1-3H2,(H2,11,14). The van der Waals surface area contributed by atoms with Crippen LogP contribution in [0.2, 0.25) is 0 Å². The Morgan fingerprint density at radius 2 is 1.06 bits per heavy atom. The largest absolute Gasteiger partial charge is 0.496 e. The Morgan fingerprint density at radius 1 is 0.597 bits per heavy atom. The van der Waals surface area contributed by atoms with E-state index in [0.29, 0.717) is 35.9 Å². The molecule has 0 unspecified atom stereocenters. The molecule has 0 aliphatic carbocycles. The van der Waals surface area contributed by atoms with Gasteiger partial charge < -0.3 is 30.6 Å². The van der Waals surface area contributed by atoms with E-state index in [1.165, 1.54) is 9.80 Å². The van der Waals surface area contributed by atoms with E-state index in [1.807, 2.05) is 61.8 Å². The summed E-state index contributed by atoms with van der Waals surface area (Å²) in [5.74, 6) is 1.41. The number of aryl methyl sites for hydroxylation is 2. The van der Waals surface area contributed by atoms with E-state index in [2.05, 4.69) is 35.9 Å². The number of urea groups is 2. The first-order valence-electron chi connectivity index (χ1n) is 21.2. The quantitative estimate of drug-likeness (QED) is 0.246. The molecule has 0 bridgehead atoms. The average molecular weight is 910 g/mol. The van der Waals surface area contributed by atoms with Gasteiger partial charge in [0, 0.05) is 97.5 Å². The summed E-state index contributed by atoms with van der Waals surface area (Å²) in [5, 5.41) is 0. The maximum Gasteiger partial charge on any atom is 0.496 e. The molecule has 3 saturated heterocycles. The van der Waals surface area contributed by atoms with Crippen molar-refractivity contribution in [2.75, 3.05) is 49.1 Å². The van der Waals surface area contributed by atoms with Crippen molar-refractivity contribution in [1.29, 1.82) is 0 Å². The molecule has 4 aromatic rings. The molecule has 9 rings (SSSR count). The van der Waals surface area contributed by atoms with Crippen LogP contribution in [-0.4, -0.2) is 111 Å². The van der Waals surface area contributed by atoms with Gasteiger partial charge >= 0.3 is 19.2 Å². The van der Waals surface area contributed by atoms with Crippen molar-refractivity contribution in [2.45, 2.75) is 90.3 Å². The zero-order valence-electron chi connectivity index (χ0n) is 35.8. The first-order chi connectivity index (χ1) is 29.6. The van der Waals surface area contributed by atoms with Crippen LogP contribution < -0.4 is 26.7 Å². The summed E-state index contributed by atoms with van der Waals surface area (Å²) in [6, 6.07) is 6.80. The second-order valence-electron chi connectivity index (χ2n) is 17.1. The number of aromatic nitrogens is 4. The Balaban J connectivity index is 0.000000146. The highest BCUT2D eigenvalue weighted by Crippen LogP contribution is 2.36. The monoisotopic (exact) mass is 908 g/mol. The molecular weight excluding hydrogens is 855 g/mol. The number of carbonyl (C=O) groups is 4. The van der Waals surface area contributed by atoms with Crippen molar-refractivity contribution in [3.05, 3.63) is 88.2 Å². The van der Waals surface area contributed by atoms with E-state index < -0.39 is 30.4 Å². The Labute approximate surface area is 371 Å². The maximum absolute atomic E-state index is 12.6. The van der Waals surface area contributed by atoms with Crippen molar-refractivity contribution in [1.82, 2.24) is 29.7 Å². The number of halogens is 1. The molecule has 0 atom stereocenters. The molecule has 0 saturated carbocycles. The van der Waals surface area contributed by atoms with Crippen molar-refractivity contribution in [3.63, 3.8) is 0 Å². The molecule has 5 aliphatic rings. The summed E-state index contributed by atoms with van der Waals surface area (Å²) < 4.78 is 13.0. The maximum atomic E-state index is 12.6. The normalized spacial score (nSPS) is 18.5. The highest BCUT2D eigenvalue weighted by molar-refractivity contribution is 9.10. The first kappa shape index (κ1) is 44.6. The molecule has 16 nitrogen and oxygen atoms in total. The SMILES string of the molecule is CC1(C)OB(c2cncc(C(=O)N3CCCC3)c2)OC1(C)C.NC(=O)N1CCCc2cc(-c3cncc(C(=O)N4CCCC4)c3)cnc21.NC(=O)N1CCCc2cc(Br)cnc21. The summed E-state index contributed by atoms with van der Waals surface area (Å²) in [6.07, 6.45) is 17.9. The number of pyridine rings is 4. The zero-order valence-corrected chi connectivity index (χ0v) is 37.4. The molecule has 0 radical (unpaired) electrons. The molecular formula is C44H54BBrN10O6. The van der Waals surface area contributed by atoms with Crippen LogP contribution in [0.3, 0.4) is 0 Å². The lowest BCUT2D eigenvalue weighted by Crippen LogP contribution is -2.41. The van der Waals surface area contributed by atoms with Gasteiger partial charge in [0.15, 0.2) is 0 Å². The van der Waals surface area contributed by atoms with Gasteiger partial charge in [0.1, 0.15) is 11.6 Å². The number of hydrogen-bond donors (Lipinski definition) is 2. The van der Waals surface area contributed by atoms with Crippen LogP contribution in [0.1, 0.15) is 98.1 Å². The van der Waals surface area contributed by atoms with Crippen LogP contribution in [0.5, 0.6) is 0 Å². The van der Waals surface area contributed by atoms with Gasteiger partial charge in [0.25, 0.3) is 11.8 Å². The van der Waals surface area contributed by atoms with Crippen LogP contribution in [0.15, 0.2) is 65.9 Å². The molecule has 4 aromatic heterocycles. The lowest BCUT2D eigenvalue weighted by Gasteiger charge is -2.32. The highest BCUT2D eigenvalue weighted by atomic mass is 79.9. The summed E-state index contributed by atoms with van der Waals surface area (Å²) in [7, 11) is -0.483. The number of hydrogen-bond acceptors (Lipinski definition) is 10. The summed E-state index contributed by atoms with van der Waals surface area (Å²) in [5.41, 5.74) is 15.7. The molecule has 6 amide bonds. The van der Waals surface area contributed by atoms with Gasteiger partial charge in [0.2, 0.25) is 0 Å². The van der Waals surface area contributed by atoms with E-state index in [9.17, 15) is 19.2 Å². The average Bonchev–Trinajstić information content (AvgIpc) is 4.05. The Bertz CT molecular complexity index is 2300. The van der Waals surface area contributed by atoms with E-state index in [0.717, 1.165) is 110 Å². The number of amides is 6. The van der Waals surface area contributed by atoms with Gasteiger partial charge in [-0.05, 0) is 130 Å². The molecule has 0 aromatic carbocycles. The minimum atomic E-state index is -0.483. The topological polar surface area (TPSA) is 203 Å². The molecule has 3 fully saturated rings. The Morgan fingerprint density at radius 3 is 1.60 bits per heavy atom. The van der Waals surface area contributed by atoms with Crippen LogP contribution >= 0.6 is 15.9 Å². The lowest BCUT2D eigenvalue weighted by molar-refractivity contribution is 0.00578. The van der Waals surface area contributed by atoms with E-state index >= 15 is 0 Å². The van der Waals surface area contributed by atoms with E-state index in [-0.39, 0.29) is 11.8 Å². The summed E-state index contributed by atoms with van der Waals surface area (Å²) in [4.78, 5) is 71.6. The molecule has 0 spiro atoms. The van der Waals surface area contributed by atoms with Gasteiger partial charge in [-0.25, -0.2) is 19.6 Å². The fourth-order valence-corrected chi connectivity index (χ4v) is 8.47. The van der Waals surface area contributed by atoms with Gasteiger partial charge in [-0.2, -0.15) is 0 Å². The van der Waals surface area contributed by atoms with Crippen molar-refractivity contribution in [3.8, 4) is 11.1 Å². The summed E-state index contributed by atoms with van der Waals surface area (Å²) >= 11 is 3.35. The van der Waals surface area contributed by atoms with Crippen LogP contribution in [-0.2, 0) is 22.2 Å². The number of carbonyl (C=O) groups excluding carboxylic acids is 4. The van der Waals surface area contributed by atoms with Gasteiger partial charge in [-0.3, -0.25) is 29.4 Å². The van der Waals surface area contributed by atoms with Crippen molar-refractivity contribution < 1.29 is 28.5 Å². The van der Waals surface area contributed by atoms with Crippen LogP contribution in [0.4, 0.5) is 21.2 Å². The van der Waals surface area contributed by atoms with Crippen LogP contribution in [0.25, 0.3) is 11.1 Å². The molecule has 326 valence electrons. The smallest absolute Gasteiger partial charge is 0.399 e. The third-order valence-electron chi connectivity index (χ3n) is 12.2.